The number of para-hydroxylation sites is 1. The van der Waals surface area contributed by atoms with E-state index >= 15 is 0 Å². The summed E-state index contributed by atoms with van der Waals surface area (Å²) in [5.74, 6) is 0. The van der Waals surface area contributed by atoms with Crippen LogP contribution in [-0.2, 0) is 4.74 Å². The molecular weight excluding hydrogens is 350 g/mol. The minimum atomic E-state index is -0.279. The first-order chi connectivity index (χ1) is 10.6. The van der Waals surface area contributed by atoms with E-state index in [0.717, 1.165) is 23.0 Å². The lowest BCUT2D eigenvalue weighted by atomic mass is 10.1. The van der Waals surface area contributed by atoms with E-state index < -0.39 is 0 Å². The molecule has 0 saturated carbocycles. The van der Waals surface area contributed by atoms with Crippen LogP contribution in [0.1, 0.15) is 19.8 Å². The first-order valence-corrected chi connectivity index (χ1v) is 8.13. The second-order valence-electron chi connectivity index (χ2n) is 5.04. The molecule has 0 radical (unpaired) electrons. The number of hydrogen-bond acceptors (Lipinski definition) is 3. The summed E-state index contributed by atoms with van der Waals surface area (Å²) in [6.45, 7) is 3.36. The zero-order valence-electron chi connectivity index (χ0n) is 12.5. The lowest BCUT2D eigenvalue weighted by Crippen LogP contribution is -2.47. The molecule has 1 fully saturated rings. The number of ether oxygens (including phenoxy) is 1. The molecule has 0 unspecified atom stereocenters. The number of likely N-dealkylation sites (tertiary alicyclic amines) is 1. The number of rotatable bonds is 3. The number of piperidine rings is 1. The van der Waals surface area contributed by atoms with Crippen LogP contribution in [0.2, 0.25) is 0 Å². The molecule has 1 aliphatic rings. The van der Waals surface area contributed by atoms with Crippen LogP contribution in [0.5, 0.6) is 0 Å². The lowest BCUT2D eigenvalue weighted by molar-refractivity contribution is 0.0959. The zero-order valence-corrected chi connectivity index (χ0v) is 14.1. The van der Waals surface area contributed by atoms with E-state index in [9.17, 15) is 9.59 Å². The van der Waals surface area contributed by atoms with Gasteiger partial charge in [0, 0.05) is 23.6 Å². The molecule has 0 spiro atoms. The summed E-state index contributed by atoms with van der Waals surface area (Å²) in [4.78, 5) is 25.3. The van der Waals surface area contributed by atoms with Crippen LogP contribution in [-0.4, -0.2) is 42.8 Å². The molecule has 7 heteroatoms. The molecule has 1 aromatic rings. The Morgan fingerprint density at radius 2 is 2.00 bits per heavy atom. The van der Waals surface area contributed by atoms with Crippen molar-refractivity contribution in [3.63, 3.8) is 0 Å². The summed E-state index contributed by atoms with van der Waals surface area (Å²) < 4.78 is 5.81. The Morgan fingerprint density at radius 3 is 2.64 bits per heavy atom. The molecule has 1 heterocycles. The highest BCUT2D eigenvalue weighted by molar-refractivity contribution is 9.10. The highest BCUT2D eigenvalue weighted by Gasteiger charge is 2.24. The van der Waals surface area contributed by atoms with Crippen molar-refractivity contribution in [2.75, 3.05) is 25.0 Å². The van der Waals surface area contributed by atoms with Crippen molar-refractivity contribution in [1.82, 2.24) is 10.2 Å². The van der Waals surface area contributed by atoms with E-state index in [1.54, 1.807) is 11.8 Å². The highest BCUT2D eigenvalue weighted by Crippen LogP contribution is 2.21. The molecule has 6 nitrogen and oxygen atoms in total. The van der Waals surface area contributed by atoms with Gasteiger partial charge in [0.2, 0.25) is 0 Å². The summed E-state index contributed by atoms with van der Waals surface area (Å²) in [5, 5.41) is 5.75. The third kappa shape index (κ3) is 4.62. The predicted molar refractivity (Wildman–Crippen MR) is 87.9 cm³/mol. The van der Waals surface area contributed by atoms with Crippen molar-refractivity contribution in [3.8, 4) is 0 Å². The number of carbonyl (C=O) groups excluding carboxylic acids is 2. The van der Waals surface area contributed by atoms with E-state index in [0.29, 0.717) is 19.7 Å². The highest BCUT2D eigenvalue weighted by atomic mass is 79.9. The van der Waals surface area contributed by atoms with Gasteiger partial charge in [-0.3, -0.25) is 0 Å². The molecule has 1 aliphatic heterocycles. The average molecular weight is 370 g/mol. The number of carbonyl (C=O) groups is 2. The van der Waals surface area contributed by atoms with E-state index in [1.807, 2.05) is 24.3 Å². The van der Waals surface area contributed by atoms with E-state index in [1.165, 1.54) is 0 Å². The maximum atomic E-state index is 12.0. The number of urea groups is 1. The molecule has 3 amide bonds. The Balaban J connectivity index is 1.77. The molecule has 0 bridgehead atoms. The average Bonchev–Trinajstić information content (AvgIpc) is 2.50. The number of nitrogens with zero attached hydrogens (tertiary/aromatic N) is 1. The fourth-order valence-corrected chi connectivity index (χ4v) is 2.71. The van der Waals surface area contributed by atoms with Gasteiger partial charge in [-0.15, -0.1) is 0 Å². The topological polar surface area (TPSA) is 70.7 Å². The van der Waals surface area contributed by atoms with Crippen LogP contribution in [0.25, 0.3) is 0 Å². The van der Waals surface area contributed by atoms with Crippen molar-refractivity contribution >= 4 is 33.7 Å². The van der Waals surface area contributed by atoms with Gasteiger partial charge >= 0.3 is 12.1 Å². The number of nitrogens with one attached hydrogen (secondary N) is 2. The lowest BCUT2D eigenvalue weighted by Gasteiger charge is -2.31. The number of hydrogen-bond donors (Lipinski definition) is 2. The molecular formula is C15H20BrN3O3. The Labute approximate surface area is 138 Å². The van der Waals surface area contributed by atoms with Crippen LogP contribution < -0.4 is 10.6 Å². The standard InChI is InChI=1S/C15H20BrN3O3/c1-2-22-15(21)19-9-7-11(8-10-19)17-14(20)18-13-6-4-3-5-12(13)16/h3-6,11H,2,7-10H2,1H3,(H2,17,18,20). The minimum absolute atomic E-state index is 0.0631. The van der Waals surface area contributed by atoms with Gasteiger partial charge < -0.3 is 20.3 Å². The first-order valence-electron chi connectivity index (χ1n) is 7.34. The summed E-state index contributed by atoms with van der Waals surface area (Å²) in [6.07, 6.45) is 1.17. The second-order valence-corrected chi connectivity index (χ2v) is 5.89. The van der Waals surface area contributed by atoms with Crippen LogP contribution in [0.15, 0.2) is 28.7 Å². The van der Waals surface area contributed by atoms with Crippen LogP contribution in [0.3, 0.4) is 0 Å². The molecule has 0 aromatic heterocycles. The molecule has 2 N–H and O–H groups in total. The fraction of sp³-hybridized carbons (Fsp3) is 0.467. The smallest absolute Gasteiger partial charge is 0.409 e. The Kier molecular flexibility index (Phi) is 6.06. The maximum absolute atomic E-state index is 12.0. The number of benzene rings is 1. The van der Waals surface area contributed by atoms with Crippen molar-refractivity contribution in [2.45, 2.75) is 25.8 Å². The maximum Gasteiger partial charge on any atom is 0.409 e. The van der Waals surface area contributed by atoms with Gasteiger partial charge in [-0.1, -0.05) is 12.1 Å². The predicted octanol–water partition coefficient (Wildman–Crippen LogP) is 3.19. The van der Waals surface area contributed by atoms with E-state index in [2.05, 4.69) is 26.6 Å². The van der Waals surface area contributed by atoms with Gasteiger partial charge in [-0.05, 0) is 47.8 Å². The van der Waals surface area contributed by atoms with Crippen molar-refractivity contribution in [3.05, 3.63) is 28.7 Å². The van der Waals surface area contributed by atoms with Gasteiger partial charge in [-0.25, -0.2) is 9.59 Å². The zero-order chi connectivity index (χ0) is 15.9. The first kappa shape index (κ1) is 16.6. The van der Waals surface area contributed by atoms with Crippen LogP contribution in [0, 0.1) is 0 Å². The van der Waals surface area contributed by atoms with Gasteiger partial charge in [0.05, 0.1) is 12.3 Å². The summed E-state index contributed by atoms with van der Waals surface area (Å²) in [5.41, 5.74) is 0.726. The van der Waals surface area contributed by atoms with Crippen LogP contribution >= 0.6 is 15.9 Å². The van der Waals surface area contributed by atoms with Crippen molar-refractivity contribution in [1.29, 1.82) is 0 Å². The van der Waals surface area contributed by atoms with Crippen molar-refractivity contribution in [2.24, 2.45) is 0 Å². The van der Waals surface area contributed by atoms with E-state index in [-0.39, 0.29) is 18.2 Å². The number of halogens is 1. The number of anilines is 1. The molecule has 22 heavy (non-hydrogen) atoms. The fourth-order valence-electron chi connectivity index (χ4n) is 2.33. The molecule has 2 rings (SSSR count). The molecule has 1 saturated heterocycles. The SMILES string of the molecule is CCOC(=O)N1CCC(NC(=O)Nc2ccccc2Br)CC1. The van der Waals surface area contributed by atoms with Crippen LogP contribution in [0.4, 0.5) is 15.3 Å². The molecule has 0 aliphatic carbocycles. The quantitative estimate of drug-likeness (QED) is 0.859. The Bertz CT molecular complexity index is 531. The van der Waals surface area contributed by atoms with Gasteiger partial charge in [0.15, 0.2) is 0 Å². The largest absolute Gasteiger partial charge is 0.450 e. The molecule has 1 aromatic carbocycles. The van der Waals surface area contributed by atoms with Gasteiger partial charge in [0.1, 0.15) is 0 Å². The monoisotopic (exact) mass is 369 g/mol. The third-order valence-corrected chi connectivity index (χ3v) is 4.17. The minimum Gasteiger partial charge on any atom is -0.450 e. The van der Waals surface area contributed by atoms with Crippen molar-refractivity contribution < 1.29 is 14.3 Å². The summed E-state index contributed by atoms with van der Waals surface area (Å²) >= 11 is 3.39. The Hall–Kier alpha value is -1.76. The summed E-state index contributed by atoms with van der Waals surface area (Å²) in [7, 11) is 0. The molecule has 0 atom stereocenters. The Morgan fingerprint density at radius 1 is 1.32 bits per heavy atom. The summed E-state index contributed by atoms with van der Waals surface area (Å²) in [6, 6.07) is 7.27. The normalized spacial score (nSPS) is 15.3. The van der Waals surface area contributed by atoms with E-state index in [4.69, 9.17) is 4.74 Å². The number of amides is 3. The van der Waals surface area contributed by atoms with Gasteiger partial charge in [-0.2, -0.15) is 0 Å². The molecule has 120 valence electrons. The van der Waals surface area contributed by atoms with Gasteiger partial charge in [0.25, 0.3) is 0 Å². The second kappa shape index (κ2) is 8.03. The third-order valence-electron chi connectivity index (χ3n) is 3.48.